The number of thiophene rings is 1. The van der Waals surface area contributed by atoms with E-state index in [1.807, 2.05) is 26.0 Å². The van der Waals surface area contributed by atoms with Crippen molar-refractivity contribution >= 4 is 27.3 Å². The van der Waals surface area contributed by atoms with Crippen LogP contribution in [0.5, 0.6) is 0 Å². The molecule has 0 unspecified atom stereocenters. The highest BCUT2D eigenvalue weighted by molar-refractivity contribution is 9.11. The van der Waals surface area contributed by atoms with E-state index in [1.165, 1.54) is 0 Å². The summed E-state index contributed by atoms with van der Waals surface area (Å²) in [5, 5.41) is 9.02. The van der Waals surface area contributed by atoms with Crippen molar-refractivity contribution in [3.63, 3.8) is 0 Å². The minimum atomic E-state index is -0.577. The molecule has 0 spiro atoms. The Kier molecular flexibility index (Phi) is 2.87. The Morgan fingerprint density at radius 1 is 1.50 bits per heavy atom. The molecule has 16 heavy (non-hydrogen) atoms. The summed E-state index contributed by atoms with van der Waals surface area (Å²) in [4.78, 5) is 8.56. The summed E-state index contributed by atoms with van der Waals surface area (Å²) in [6.07, 6.45) is 1.77. The largest absolute Gasteiger partial charge is 0.340 e. The average Bonchev–Trinajstić information content (AvgIpc) is 2.85. The highest BCUT2D eigenvalue weighted by Crippen LogP contribution is 2.31. The first-order valence-electron chi connectivity index (χ1n) is 4.75. The van der Waals surface area contributed by atoms with Gasteiger partial charge in [-0.2, -0.15) is 5.26 Å². The molecule has 3 nitrogen and oxygen atoms in total. The number of hydrogen-bond acceptors (Lipinski definition) is 3. The molecule has 2 aromatic heterocycles. The lowest BCUT2D eigenvalue weighted by Gasteiger charge is -2.10. The fraction of sp³-hybridized carbons (Fsp3) is 0.273. The molecule has 0 amide bonds. The van der Waals surface area contributed by atoms with Gasteiger partial charge in [0, 0.05) is 0 Å². The molecule has 2 heterocycles. The predicted octanol–water partition coefficient (Wildman–Crippen LogP) is 3.70. The van der Waals surface area contributed by atoms with E-state index in [2.05, 4.69) is 32.0 Å². The molecule has 0 saturated carbocycles. The van der Waals surface area contributed by atoms with E-state index in [0.29, 0.717) is 5.82 Å². The van der Waals surface area contributed by atoms with Gasteiger partial charge >= 0.3 is 0 Å². The Morgan fingerprint density at radius 3 is 2.81 bits per heavy atom. The average molecular weight is 296 g/mol. The number of aromatic amines is 1. The Bertz CT molecular complexity index is 548. The zero-order valence-corrected chi connectivity index (χ0v) is 11.3. The van der Waals surface area contributed by atoms with Crippen LogP contribution in [0.15, 0.2) is 22.1 Å². The molecule has 82 valence electrons. The van der Waals surface area contributed by atoms with Gasteiger partial charge in [0.15, 0.2) is 0 Å². The van der Waals surface area contributed by atoms with Crippen LogP contribution < -0.4 is 0 Å². The monoisotopic (exact) mass is 295 g/mol. The van der Waals surface area contributed by atoms with Crippen molar-refractivity contribution in [2.75, 3.05) is 0 Å². The Morgan fingerprint density at radius 2 is 2.25 bits per heavy atom. The summed E-state index contributed by atoms with van der Waals surface area (Å²) in [5.41, 5.74) is 0.376. The first-order valence-corrected chi connectivity index (χ1v) is 6.36. The van der Waals surface area contributed by atoms with Crippen LogP contribution in [-0.2, 0) is 5.41 Å². The number of aromatic nitrogens is 2. The van der Waals surface area contributed by atoms with Gasteiger partial charge in [0.1, 0.15) is 11.2 Å². The van der Waals surface area contributed by atoms with Crippen LogP contribution in [-0.4, -0.2) is 9.97 Å². The molecule has 0 atom stereocenters. The van der Waals surface area contributed by atoms with Crippen molar-refractivity contribution in [2.24, 2.45) is 0 Å². The van der Waals surface area contributed by atoms with Gasteiger partial charge in [-0.1, -0.05) is 0 Å². The highest BCUT2D eigenvalue weighted by atomic mass is 79.9. The lowest BCUT2D eigenvalue weighted by molar-refractivity contribution is 0.640. The Balaban J connectivity index is 2.38. The molecule has 5 heteroatoms. The molecule has 0 fully saturated rings. The normalized spacial score (nSPS) is 11.4. The van der Waals surface area contributed by atoms with Crippen LogP contribution in [0.25, 0.3) is 10.6 Å². The fourth-order valence-electron chi connectivity index (χ4n) is 1.28. The molecule has 0 radical (unpaired) electrons. The molecule has 2 aromatic rings. The van der Waals surface area contributed by atoms with Gasteiger partial charge < -0.3 is 4.98 Å². The van der Waals surface area contributed by atoms with Crippen LogP contribution in [0.2, 0.25) is 0 Å². The molecule has 0 aliphatic carbocycles. The van der Waals surface area contributed by atoms with Crippen molar-refractivity contribution in [2.45, 2.75) is 19.3 Å². The van der Waals surface area contributed by atoms with Gasteiger partial charge in [-0.25, -0.2) is 4.98 Å². The van der Waals surface area contributed by atoms with Gasteiger partial charge in [-0.15, -0.1) is 11.3 Å². The van der Waals surface area contributed by atoms with E-state index in [0.717, 1.165) is 14.4 Å². The molecule has 0 aliphatic heterocycles. The molecule has 0 aliphatic rings. The van der Waals surface area contributed by atoms with Crippen molar-refractivity contribution in [3.8, 4) is 16.6 Å². The van der Waals surface area contributed by atoms with E-state index >= 15 is 0 Å². The zero-order valence-electron chi connectivity index (χ0n) is 8.91. The molecule has 0 bridgehead atoms. The van der Waals surface area contributed by atoms with Crippen molar-refractivity contribution in [3.05, 3.63) is 27.9 Å². The number of nitrogens with one attached hydrogen (secondary N) is 1. The third-order valence-electron chi connectivity index (χ3n) is 2.29. The van der Waals surface area contributed by atoms with Crippen molar-refractivity contribution < 1.29 is 0 Å². The molecule has 1 N–H and O–H groups in total. The molecule has 0 aromatic carbocycles. The third kappa shape index (κ3) is 2.04. The maximum atomic E-state index is 9.02. The molecular weight excluding hydrogens is 286 g/mol. The van der Waals surface area contributed by atoms with Crippen LogP contribution in [0.1, 0.15) is 19.7 Å². The quantitative estimate of drug-likeness (QED) is 0.918. The van der Waals surface area contributed by atoms with E-state index in [9.17, 15) is 0 Å². The number of imidazole rings is 1. The first kappa shape index (κ1) is 11.4. The Labute approximate surface area is 106 Å². The molecule has 2 rings (SSSR count). The summed E-state index contributed by atoms with van der Waals surface area (Å²) in [6, 6.07) is 6.24. The SMILES string of the molecule is CC(C)(C#N)c1ncc(-c2ccc(Br)s2)[nH]1. The van der Waals surface area contributed by atoms with E-state index in [-0.39, 0.29) is 0 Å². The number of nitrogens with zero attached hydrogens (tertiary/aromatic N) is 2. The maximum Gasteiger partial charge on any atom is 0.126 e. The van der Waals surface area contributed by atoms with Crippen LogP contribution in [0.4, 0.5) is 0 Å². The van der Waals surface area contributed by atoms with E-state index < -0.39 is 5.41 Å². The van der Waals surface area contributed by atoms with Gasteiger partial charge in [-0.3, -0.25) is 0 Å². The first-order chi connectivity index (χ1) is 7.53. The Hall–Kier alpha value is -1.12. The summed E-state index contributed by atoms with van der Waals surface area (Å²) < 4.78 is 1.08. The number of H-pyrrole nitrogens is 1. The maximum absolute atomic E-state index is 9.02. The zero-order chi connectivity index (χ0) is 11.8. The van der Waals surface area contributed by atoms with Crippen LogP contribution in [0, 0.1) is 11.3 Å². The smallest absolute Gasteiger partial charge is 0.126 e. The topological polar surface area (TPSA) is 52.5 Å². The summed E-state index contributed by atoms with van der Waals surface area (Å²) >= 11 is 5.06. The second-order valence-corrected chi connectivity index (χ2v) is 6.45. The lowest BCUT2D eigenvalue weighted by atomic mass is 9.95. The number of rotatable bonds is 2. The van der Waals surface area contributed by atoms with Gasteiger partial charge in [0.05, 0.1) is 26.6 Å². The summed E-state index contributed by atoms with van der Waals surface area (Å²) in [6.45, 7) is 3.69. The van der Waals surface area contributed by atoms with Crippen LogP contribution >= 0.6 is 27.3 Å². The summed E-state index contributed by atoms with van der Waals surface area (Å²) in [5.74, 6) is 0.703. The summed E-state index contributed by atoms with van der Waals surface area (Å²) in [7, 11) is 0. The van der Waals surface area contributed by atoms with E-state index in [1.54, 1.807) is 17.5 Å². The van der Waals surface area contributed by atoms with Crippen molar-refractivity contribution in [1.82, 2.24) is 9.97 Å². The minimum Gasteiger partial charge on any atom is -0.340 e. The standard InChI is InChI=1S/C11H10BrN3S/c1-11(2,6-13)10-14-5-7(15-10)8-3-4-9(12)16-8/h3-5H,1-2H3,(H,14,15). The highest BCUT2D eigenvalue weighted by Gasteiger charge is 2.23. The molecule has 0 saturated heterocycles. The second-order valence-electron chi connectivity index (χ2n) is 3.99. The van der Waals surface area contributed by atoms with Crippen LogP contribution in [0.3, 0.4) is 0 Å². The number of nitriles is 1. The molecular formula is C11H10BrN3S. The van der Waals surface area contributed by atoms with E-state index in [4.69, 9.17) is 5.26 Å². The van der Waals surface area contributed by atoms with Crippen molar-refractivity contribution in [1.29, 1.82) is 5.26 Å². The third-order valence-corrected chi connectivity index (χ3v) is 3.94. The van der Waals surface area contributed by atoms with Gasteiger partial charge in [-0.05, 0) is 41.9 Å². The second kappa shape index (κ2) is 4.04. The lowest BCUT2D eigenvalue weighted by Crippen LogP contribution is -2.15. The fourth-order valence-corrected chi connectivity index (χ4v) is 2.63. The number of halogens is 1. The number of hydrogen-bond donors (Lipinski definition) is 1. The predicted molar refractivity (Wildman–Crippen MR) is 68.2 cm³/mol. The van der Waals surface area contributed by atoms with Gasteiger partial charge in [0.2, 0.25) is 0 Å². The van der Waals surface area contributed by atoms with Gasteiger partial charge in [0.25, 0.3) is 0 Å². The minimum absolute atomic E-state index is 0.577.